The van der Waals surface area contributed by atoms with Gasteiger partial charge < -0.3 is 5.73 Å². The predicted molar refractivity (Wildman–Crippen MR) is 75.4 cm³/mol. The summed E-state index contributed by atoms with van der Waals surface area (Å²) < 4.78 is 0. The molecule has 1 rings (SSSR count). The Hall–Kier alpha value is -0.610. The van der Waals surface area contributed by atoms with E-state index >= 15 is 0 Å². The van der Waals surface area contributed by atoms with E-state index in [9.17, 15) is 0 Å². The minimum atomic E-state index is 0.340. The van der Waals surface area contributed by atoms with E-state index in [4.69, 9.17) is 5.73 Å². The van der Waals surface area contributed by atoms with Gasteiger partial charge in [-0.2, -0.15) is 11.8 Å². The Kier molecular flexibility index (Phi) is 5.92. The molecule has 96 valence electrons. The highest BCUT2D eigenvalue weighted by atomic mass is 32.2. The lowest BCUT2D eigenvalue weighted by atomic mass is 9.98. The Morgan fingerprint density at radius 1 is 1.24 bits per heavy atom. The Labute approximate surface area is 109 Å². The monoisotopic (exact) mass is 253 g/mol. The van der Waals surface area contributed by atoms with E-state index in [2.05, 4.69) is 37.7 Å². The van der Waals surface area contributed by atoms with E-state index in [1.807, 2.05) is 11.8 Å². The molecule has 2 N–H and O–H groups in total. The normalized spacial score (nSPS) is 12.8. The van der Waals surface area contributed by atoms with Crippen LogP contribution in [0.4, 0.5) is 0 Å². The largest absolute Gasteiger partial charge is 0.330 e. The van der Waals surface area contributed by atoms with Crippen LogP contribution >= 0.6 is 11.8 Å². The summed E-state index contributed by atoms with van der Waals surface area (Å²) in [6, 6.07) is 0. The topological polar surface area (TPSA) is 51.8 Å². The summed E-state index contributed by atoms with van der Waals surface area (Å²) in [6.07, 6.45) is 1.20. The molecule has 0 radical (unpaired) electrons. The number of aromatic nitrogens is 2. The SMILES string of the molecule is CCCSCc1nc(C)c(C(C)CN)c(C)n1. The Bertz CT molecular complexity index is 343. The smallest absolute Gasteiger partial charge is 0.138 e. The van der Waals surface area contributed by atoms with Gasteiger partial charge in [0.1, 0.15) is 5.82 Å². The minimum absolute atomic E-state index is 0.340. The molecule has 1 aromatic heterocycles. The van der Waals surface area contributed by atoms with E-state index in [1.165, 1.54) is 17.7 Å². The average molecular weight is 253 g/mol. The van der Waals surface area contributed by atoms with Crippen LogP contribution in [0.15, 0.2) is 0 Å². The van der Waals surface area contributed by atoms with Gasteiger partial charge in [0.25, 0.3) is 0 Å². The van der Waals surface area contributed by atoms with E-state index in [-0.39, 0.29) is 0 Å². The third-order valence-corrected chi connectivity index (χ3v) is 3.96. The number of thioether (sulfide) groups is 1. The van der Waals surface area contributed by atoms with Crippen LogP contribution in [0, 0.1) is 13.8 Å². The van der Waals surface area contributed by atoms with Crippen molar-refractivity contribution >= 4 is 11.8 Å². The lowest BCUT2D eigenvalue weighted by Crippen LogP contribution is -2.14. The summed E-state index contributed by atoms with van der Waals surface area (Å²) in [5.74, 6) is 3.37. The molecule has 4 heteroatoms. The molecule has 0 aromatic carbocycles. The number of rotatable bonds is 6. The zero-order valence-electron chi connectivity index (χ0n) is 11.3. The zero-order chi connectivity index (χ0) is 12.8. The molecule has 3 nitrogen and oxygen atoms in total. The van der Waals surface area contributed by atoms with Gasteiger partial charge in [0.05, 0.1) is 5.75 Å². The van der Waals surface area contributed by atoms with Gasteiger partial charge in [0.15, 0.2) is 0 Å². The molecule has 1 heterocycles. The molecule has 0 bridgehead atoms. The first-order valence-electron chi connectivity index (χ1n) is 6.21. The van der Waals surface area contributed by atoms with Crippen molar-refractivity contribution in [3.8, 4) is 0 Å². The molecule has 0 aliphatic carbocycles. The van der Waals surface area contributed by atoms with Gasteiger partial charge in [-0.15, -0.1) is 0 Å². The average Bonchev–Trinajstić information content (AvgIpc) is 2.28. The van der Waals surface area contributed by atoms with Crippen LogP contribution in [-0.4, -0.2) is 22.3 Å². The van der Waals surface area contributed by atoms with Crippen molar-refractivity contribution in [1.29, 1.82) is 0 Å². The number of nitrogens with zero attached hydrogens (tertiary/aromatic N) is 2. The van der Waals surface area contributed by atoms with Crippen molar-refractivity contribution in [2.45, 2.75) is 45.8 Å². The Balaban J connectivity index is 2.85. The number of nitrogens with two attached hydrogens (primary N) is 1. The highest BCUT2D eigenvalue weighted by Crippen LogP contribution is 2.21. The van der Waals surface area contributed by atoms with Gasteiger partial charge in [-0.1, -0.05) is 13.8 Å². The number of hydrogen-bond donors (Lipinski definition) is 1. The molecule has 0 saturated heterocycles. The first kappa shape index (κ1) is 14.5. The summed E-state index contributed by atoms with van der Waals surface area (Å²) in [4.78, 5) is 9.17. The summed E-state index contributed by atoms with van der Waals surface area (Å²) >= 11 is 1.89. The van der Waals surface area contributed by atoms with Crippen molar-refractivity contribution < 1.29 is 0 Å². The van der Waals surface area contributed by atoms with Crippen molar-refractivity contribution in [3.63, 3.8) is 0 Å². The van der Waals surface area contributed by atoms with Crippen LogP contribution in [0.3, 0.4) is 0 Å². The lowest BCUT2D eigenvalue weighted by Gasteiger charge is -2.15. The fourth-order valence-corrected chi connectivity index (χ4v) is 2.74. The van der Waals surface area contributed by atoms with Gasteiger partial charge in [0, 0.05) is 11.4 Å². The maximum absolute atomic E-state index is 5.72. The minimum Gasteiger partial charge on any atom is -0.330 e. The quantitative estimate of drug-likeness (QED) is 0.792. The van der Waals surface area contributed by atoms with Gasteiger partial charge in [-0.05, 0) is 44.0 Å². The van der Waals surface area contributed by atoms with Crippen molar-refractivity contribution in [2.75, 3.05) is 12.3 Å². The molecule has 0 aliphatic heterocycles. The molecule has 0 amide bonds. The molecule has 1 unspecified atom stereocenters. The van der Waals surface area contributed by atoms with E-state index in [0.29, 0.717) is 12.5 Å². The summed E-state index contributed by atoms with van der Waals surface area (Å²) in [5.41, 5.74) is 9.11. The molecule has 0 fully saturated rings. The van der Waals surface area contributed by atoms with Gasteiger partial charge >= 0.3 is 0 Å². The van der Waals surface area contributed by atoms with Gasteiger partial charge in [-0.3, -0.25) is 0 Å². The maximum Gasteiger partial charge on any atom is 0.138 e. The lowest BCUT2D eigenvalue weighted by molar-refractivity contribution is 0.736. The molecule has 0 spiro atoms. The maximum atomic E-state index is 5.72. The van der Waals surface area contributed by atoms with Gasteiger partial charge in [0.2, 0.25) is 0 Å². The van der Waals surface area contributed by atoms with Crippen LogP contribution in [-0.2, 0) is 5.75 Å². The van der Waals surface area contributed by atoms with Gasteiger partial charge in [-0.25, -0.2) is 9.97 Å². The summed E-state index contributed by atoms with van der Waals surface area (Å²) in [7, 11) is 0. The van der Waals surface area contributed by atoms with Crippen LogP contribution in [0.1, 0.15) is 49.0 Å². The molecule has 0 aliphatic rings. The molecule has 0 saturated carbocycles. The van der Waals surface area contributed by atoms with Crippen molar-refractivity contribution in [1.82, 2.24) is 9.97 Å². The molecular weight excluding hydrogens is 230 g/mol. The Morgan fingerprint density at radius 2 is 1.82 bits per heavy atom. The molecule has 1 atom stereocenters. The fourth-order valence-electron chi connectivity index (χ4n) is 2.00. The second kappa shape index (κ2) is 6.97. The van der Waals surface area contributed by atoms with Crippen LogP contribution < -0.4 is 5.73 Å². The van der Waals surface area contributed by atoms with E-state index < -0.39 is 0 Å². The second-order valence-corrected chi connectivity index (χ2v) is 5.52. The molecule has 17 heavy (non-hydrogen) atoms. The van der Waals surface area contributed by atoms with E-state index in [0.717, 1.165) is 23.0 Å². The third kappa shape index (κ3) is 3.96. The van der Waals surface area contributed by atoms with Crippen molar-refractivity contribution in [3.05, 3.63) is 22.8 Å². The first-order chi connectivity index (χ1) is 8.10. The second-order valence-electron chi connectivity index (χ2n) is 4.41. The Morgan fingerprint density at radius 3 is 2.29 bits per heavy atom. The predicted octanol–water partition coefficient (Wildman–Crippen LogP) is 2.80. The standard InChI is InChI=1S/C13H23N3S/c1-5-6-17-8-12-15-10(3)13(9(2)7-14)11(4)16-12/h9H,5-8,14H2,1-4H3. The van der Waals surface area contributed by atoms with Crippen LogP contribution in [0.25, 0.3) is 0 Å². The summed E-state index contributed by atoms with van der Waals surface area (Å²) in [5, 5.41) is 0. The van der Waals surface area contributed by atoms with Crippen molar-refractivity contribution in [2.24, 2.45) is 5.73 Å². The summed E-state index contributed by atoms with van der Waals surface area (Å²) in [6.45, 7) is 9.09. The highest BCUT2D eigenvalue weighted by molar-refractivity contribution is 7.98. The van der Waals surface area contributed by atoms with Crippen LogP contribution in [0.5, 0.6) is 0 Å². The number of hydrogen-bond acceptors (Lipinski definition) is 4. The first-order valence-corrected chi connectivity index (χ1v) is 7.37. The van der Waals surface area contributed by atoms with E-state index in [1.54, 1.807) is 0 Å². The number of aryl methyl sites for hydroxylation is 2. The highest BCUT2D eigenvalue weighted by Gasteiger charge is 2.13. The third-order valence-electron chi connectivity index (χ3n) is 2.80. The fraction of sp³-hybridized carbons (Fsp3) is 0.692. The molecular formula is C13H23N3S. The zero-order valence-corrected chi connectivity index (χ0v) is 12.1. The molecule has 1 aromatic rings. The van der Waals surface area contributed by atoms with Crippen LogP contribution in [0.2, 0.25) is 0 Å².